The number of aliphatic imine (C=N–C) groups is 1. The van der Waals surface area contributed by atoms with Crippen molar-refractivity contribution in [2.24, 2.45) is 33.9 Å². The van der Waals surface area contributed by atoms with E-state index in [0.29, 0.717) is 30.4 Å². The fourth-order valence-electron chi connectivity index (χ4n) is 7.30. The maximum atomic E-state index is 13.8. The largest absolute Gasteiger partial charge is 0.481 e. The normalized spacial score (nSPS) is 26.1. The molecule has 0 radical (unpaired) electrons. The molecule has 14 heteroatoms. The van der Waals surface area contributed by atoms with Gasteiger partial charge in [-0.1, -0.05) is 62.9 Å². The predicted octanol–water partition coefficient (Wildman–Crippen LogP) is 3.78. The van der Waals surface area contributed by atoms with Crippen LogP contribution in [0, 0.1) is 40.2 Å². The van der Waals surface area contributed by atoms with Crippen LogP contribution in [0.3, 0.4) is 0 Å². The molecule has 254 valence electrons. The standard InChI is InChI=1S/C32H51BN6O6S/c1-20(2)16-27(33-44-26-18-23-17-25(31(23,4)5)32(26,6)45-33)37-29(41)24(8-7-14-35-30(34)38-39(42)43)36-28(40)13-15-46-19-22-11-9-21(3)10-12-22/h9-12,20,23-27H,7-8,13-19H2,1-6H3,(H,36,40)(H,37,41)(H3,34,35,38)/t23-,24+,25-,26-,27+,32+/m1/s1. The highest BCUT2D eigenvalue weighted by molar-refractivity contribution is 7.98. The fraction of sp³-hybridized carbons (Fsp3) is 0.719. The number of hydrogen-bond donors (Lipinski definition) is 4. The summed E-state index contributed by atoms with van der Waals surface area (Å²) < 4.78 is 13.2. The highest BCUT2D eigenvalue weighted by Gasteiger charge is 2.68. The Balaban J connectivity index is 1.38. The Bertz CT molecular complexity index is 1270. The average Bonchev–Trinajstić information content (AvgIpc) is 3.34. The number of nitrogens with two attached hydrogens (primary N) is 1. The number of hydrogen-bond acceptors (Lipinski definition) is 8. The summed E-state index contributed by atoms with van der Waals surface area (Å²) in [6.07, 6.45) is 3.66. The second-order valence-corrected chi connectivity index (χ2v) is 15.4. The molecule has 46 heavy (non-hydrogen) atoms. The van der Waals surface area contributed by atoms with Crippen LogP contribution in [0.25, 0.3) is 0 Å². The van der Waals surface area contributed by atoms with Crippen molar-refractivity contribution in [1.82, 2.24) is 16.1 Å². The first kappa shape index (κ1) is 36.0. The summed E-state index contributed by atoms with van der Waals surface area (Å²) in [4.78, 5) is 41.4. The van der Waals surface area contributed by atoms with Gasteiger partial charge in [0.1, 0.15) is 6.04 Å². The first-order chi connectivity index (χ1) is 21.7. The molecule has 3 saturated carbocycles. The molecule has 2 bridgehead atoms. The highest BCUT2D eigenvalue weighted by atomic mass is 32.2. The molecule has 0 aromatic heterocycles. The Morgan fingerprint density at radius 2 is 1.91 bits per heavy atom. The number of carbonyl (C=O) groups is 2. The number of rotatable bonds is 16. The molecular formula is C32H51BN6O6S. The lowest BCUT2D eigenvalue weighted by Crippen LogP contribution is -2.65. The summed E-state index contributed by atoms with van der Waals surface area (Å²) in [6, 6.07) is 7.49. The van der Waals surface area contributed by atoms with Crippen LogP contribution >= 0.6 is 11.8 Å². The van der Waals surface area contributed by atoms with Crippen molar-refractivity contribution >= 4 is 36.7 Å². The molecule has 4 fully saturated rings. The number of carbonyl (C=O) groups excluding carboxylic acids is 2. The van der Waals surface area contributed by atoms with E-state index in [1.165, 1.54) is 11.1 Å². The van der Waals surface area contributed by atoms with E-state index in [9.17, 15) is 19.7 Å². The quantitative estimate of drug-likeness (QED) is 0.0516. The van der Waals surface area contributed by atoms with Gasteiger partial charge in [0.2, 0.25) is 11.8 Å². The van der Waals surface area contributed by atoms with Crippen LogP contribution in [-0.2, 0) is 24.7 Å². The van der Waals surface area contributed by atoms with Crippen LogP contribution in [0.1, 0.15) is 84.3 Å². The van der Waals surface area contributed by atoms with E-state index in [2.05, 4.69) is 74.5 Å². The van der Waals surface area contributed by atoms with Gasteiger partial charge >= 0.3 is 7.12 Å². The van der Waals surface area contributed by atoms with Crippen molar-refractivity contribution in [3.8, 4) is 0 Å². The van der Waals surface area contributed by atoms with E-state index in [1.807, 2.05) is 12.3 Å². The van der Waals surface area contributed by atoms with Gasteiger partial charge in [0.15, 0.2) is 5.03 Å². The van der Waals surface area contributed by atoms with Crippen LogP contribution in [0.5, 0.6) is 0 Å². The van der Waals surface area contributed by atoms with Gasteiger partial charge in [-0.15, -0.1) is 0 Å². The number of benzene rings is 1. The first-order valence-electron chi connectivity index (χ1n) is 16.5. The molecule has 5 N–H and O–H groups in total. The zero-order valence-corrected chi connectivity index (χ0v) is 28.9. The lowest BCUT2D eigenvalue weighted by atomic mass is 9.43. The Hall–Kier alpha value is -2.84. The van der Waals surface area contributed by atoms with E-state index in [1.54, 1.807) is 11.8 Å². The Kier molecular flexibility index (Phi) is 12.0. The molecule has 3 aliphatic carbocycles. The van der Waals surface area contributed by atoms with Gasteiger partial charge in [-0.3, -0.25) is 9.59 Å². The molecule has 1 saturated heterocycles. The van der Waals surface area contributed by atoms with E-state index in [0.717, 1.165) is 18.6 Å². The number of hydrazine groups is 1. The summed E-state index contributed by atoms with van der Waals surface area (Å²) in [6.45, 7) is 13.2. The smallest absolute Gasteiger partial charge is 0.404 e. The number of nitro groups is 1. The van der Waals surface area contributed by atoms with Gasteiger partial charge in [0.05, 0.1) is 17.6 Å². The van der Waals surface area contributed by atoms with Crippen LogP contribution in [-0.4, -0.2) is 65.9 Å². The third-order valence-electron chi connectivity index (χ3n) is 10.0. The summed E-state index contributed by atoms with van der Waals surface area (Å²) >= 11 is 1.66. The van der Waals surface area contributed by atoms with Gasteiger partial charge in [-0.25, -0.2) is 15.1 Å². The van der Waals surface area contributed by atoms with Crippen molar-refractivity contribution < 1.29 is 23.9 Å². The minimum absolute atomic E-state index is 0.00940. The molecular weight excluding hydrogens is 607 g/mol. The number of guanidine groups is 1. The monoisotopic (exact) mass is 658 g/mol. The molecule has 1 aromatic rings. The van der Waals surface area contributed by atoms with Gasteiger partial charge in [-0.2, -0.15) is 11.8 Å². The molecule has 12 nitrogen and oxygen atoms in total. The van der Waals surface area contributed by atoms with Crippen LogP contribution in [0.4, 0.5) is 0 Å². The number of aryl methyl sites for hydroxylation is 1. The van der Waals surface area contributed by atoms with E-state index >= 15 is 0 Å². The van der Waals surface area contributed by atoms with Gasteiger partial charge in [0.25, 0.3) is 5.96 Å². The predicted molar refractivity (Wildman–Crippen MR) is 181 cm³/mol. The third kappa shape index (κ3) is 8.94. The van der Waals surface area contributed by atoms with Crippen LogP contribution in [0.2, 0.25) is 0 Å². The van der Waals surface area contributed by atoms with Crippen LogP contribution < -0.4 is 21.8 Å². The number of nitrogens with zero attached hydrogens (tertiary/aromatic N) is 2. The fourth-order valence-corrected chi connectivity index (χ4v) is 8.20. The molecule has 4 aliphatic rings. The molecule has 6 atom stereocenters. The highest BCUT2D eigenvalue weighted by Crippen LogP contribution is 2.65. The maximum Gasteiger partial charge on any atom is 0.481 e. The van der Waals surface area contributed by atoms with Crippen molar-refractivity contribution in [3.05, 3.63) is 45.5 Å². The number of nitrogens with one attached hydrogen (secondary N) is 3. The topological polar surface area (TPSA) is 170 Å². The third-order valence-corrected chi connectivity index (χ3v) is 11.0. The lowest BCUT2D eigenvalue weighted by Gasteiger charge is -2.64. The summed E-state index contributed by atoms with van der Waals surface area (Å²) in [5, 5.41) is 15.9. The second kappa shape index (κ2) is 15.4. The summed E-state index contributed by atoms with van der Waals surface area (Å²) in [7, 11) is -0.580. The molecule has 2 amide bonds. The van der Waals surface area contributed by atoms with E-state index < -0.39 is 29.7 Å². The average molecular weight is 659 g/mol. The first-order valence-corrected chi connectivity index (χ1v) is 17.6. The van der Waals surface area contributed by atoms with E-state index in [4.69, 9.17) is 15.0 Å². The summed E-state index contributed by atoms with van der Waals surface area (Å²) in [5.74, 6) is 1.45. The molecule has 1 heterocycles. The van der Waals surface area contributed by atoms with E-state index in [-0.39, 0.29) is 54.6 Å². The Morgan fingerprint density at radius 3 is 2.57 bits per heavy atom. The van der Waals surface area contributed by atoms with Crippen molar-refractivity contribution in [1.29, 1.82) is 0 Å². The zero-order valence-electron chi connectivity index (χ0n) is 28.0. The van der Waals surface area contributed by atoms with Crippen LogP contribution in [0.15, 0.2) is 29.3 Å². The molecule has 5 rings (SSSR count). The number of amides is 2. The molecule has 1 aliphatic heterocycles. The molecule has 0 unspecified atom stereocenters. The minimum atomic E-state index is -0.824. The Labute approximate surface area is 277 Å². The maximum absolute atomic E-state index is 13.8. The second-order valence-electron chi connectivity index (χ2n) is 14.3. The molecule has 0 spiro atoms. The van der Waals surface area contributed by atoms with Crippen molar-refractivity contribution in [2.75, 3.05) is 12.3 Å². The lowest BCUT2D eigenvalue weighted by molar-refractivity contribution is -0.525. The minimum Gasteiger partial charge on any atom is -0.404 e. The summed E-state index contributed by atoms with van der Waals surface area (Å²) in [5.41, 5.74) is 9.55. The number of thioether (sulfide) groups is 1. The van der Waals surface area contributed by atoms with Gasteiger partial charge in [0, 0.05) is 24.5 Å². The van der Waals surface area contributed by atoms with Gasteiger partial charge < -0.3 is 25.7 Å². The zero-order chi connectivity index (χ0) is 33.6. The Morgan fingerprint density at radius 1 is 1.20 bits per heavy atom. The van der Waals surface area contributed by atoms with Crippen molar-refractivity contribution in [3.63, 3.8) is 0 Å². The van der Waals surface area contributed by atoms with Crippen molar-refractivity contribution in [2.45, 2.75) is 110 Å². The molecule has 1 aromatic carbocycles. The SMILES string of the molecule is Cc1ccc(CSCCC(=O)N[C@@H](CCCN=C(N)N[N+](=O)[O-])C(=O)N[C@@H](CC(C)C)B2O[C@@H]3C[C@H]4C[C@H](C4(C)C)[C@]3(C)O2)cc1. The van der Waals surface area contributed by atoms with Gasteiger partial charge in [-0.05, 0) is 74.7 Å².